The molecule has 0 atom stereocenters. The highest BCUT2D eigenvalue weighted by atomic mass is 14.4. The zero-order valence-corrected chi connectivity index (χ0v) is 15.7. The van der Waals surface area contributed by atoms with Crippen molar-refractivity contribution in [3.05, 3.63) is 96.7 Å². The molecule has 0 spiro atoms. The molecule has 0 bridgehead atoms. The topological polar surface area (TPSA) is 23.9 Å². The molecule has 1 rings (SSSR count). The van der Waals surface area contributed by atoms with Crippen LogP contribution in [0.1, 0.15) is 44.7 Å². The normalized spacial score (nSPS) is 12.4. The Morgan fingerprint density at radius 2 is 1.60 bits per heavy atom. The molecule has 1 aromatic carbocycles. The summed E-state index contributed by atoms with van der Waals surface area (Å²) >= 11 is 0. The quantitative estimate of drug-likeness (QED) is 0.366. The third-order valence-electron chi connectivity index (χ3n) is 3.87. The number of allylic oxidation sites excluding steroid dienone is 10. The smallest absolute Gasteiger partial charge is 0.0536 e. The SMILES string of the molecule is C=C(CC)c1ccc(C(=C)C/C=C\C(=N)/C=C/C(C)=C/C=C\C)cc1. The predicted octanol–water partition coefficient (Wildman–Crippen LogP) is 7.17. The van der Waals surface area contributed by atoms with E-state index < -0.39 is 0 Å². The van der Waals surface area contributed by atoms with E-state index in [9.17, 15) is 0 Å². The van der Waals surface area contributed by atoms with Crippen LogP contribution in [0.5, 0.6) is 0 Å². The van der Waals surface area contributed by atoms with Crippen LogP contribution in [0.4, 0.5) is 0 Å². The highest BCUT2D eigenvalue weighted by Crippen LogP contribution is 2.21. The fraction of sp³-hybridized carbons (Fsp3) is 0.208. The minimum atomic E-state index is 0.482. The van der Waals surface area contributed by atoms with Crippen molar-refractivity contribution in [2.75, 3.05) is 0 Å². The summed E-state index contributed by atoms with van der Waals surface area (Å²) in [5.41, 5.74) is 6.11. The second-order valence-corrected chi connectivity index (χ2v) is 5.97. The highest BCUT2D eigenvalue weighted by molar-refractivity contribution is 6.01. The summed E-state index contributed by atoms with van der Waals surface area (Å²) in [6.45, 7) is 14.3. The summed E-state index contributed by atoms with van der Waals surface area (Å²) in [5, 5.41) is 7.95. The molecule has 0 radical (unpaired) electrons. The van der Waals surface area contributed by atoms with E-state index in [0.29, 0.717) is 5.71 Å². The van der Waals surface area contributed by atoms with Crippen LogP contribution in [-0.2, 0) is 0 Å². The van der Waals surface area contributed by atoms with E-state index in [2.05, 4.69) is 44.3 Å². The molecule has 25 heavy (non-hydrogen) atoms. The van der Waals surface area contributed by atoms with Crippen molar-refractivity contribution in [2.45, 2.75) is 33.6 Å². The monoisotopic (exact) mass is 331 g/mol. The van der Waals surface area contributed by atoms with Crippen LogP contribution in [0.3, 0.4) is 0 Å². The molecule has 1 aromatic rings. The summed E-state index contributed by atoms with van der Waals surface area (Å²) < 4.78 is 0. The number of hydrogen-bond acceptors (Lipinski definition) is 1. The van der Waals surface area contributed by atoms with Crippen molar-refractivity contribution < 1.29 is 0 Å². The predicted molar refractivity (Wildman–Crippen MR) is 114 cm³/mol. The minimum absolute atomic E-state index is 0.482. The zero-order chi connectivity index (χ0) is 18.7. The second kappa shape index (κ2) is 11.0. The van der Waals surface area contributed by atoms with Gasteiger partial charge in [-0.15, -0.1) is 0 Å². The van der Waals surface area contributed by atoms with Gasteiger partial charge in [-0.25, -0.2) is 0 Å². The molecule has 1 nitrogen and oxygen atoms in total. The third-order valence-corrected chi connectivity index (χ3v) is 3.87. The Balaban J connectivity index is 2.58. The number of rotatable bonds is 9. The maximum atomic E-state index is 7.95. The lowest BCUT2D eigenvalue weighted by molar-refractivity contribution is 1.24. The van der Waals surface area contributed by atoms with E-state index in [4.69, 9.17) is 5.41 Å². The van der Waals surface area contributed by atoms with Gasteiger partial charge in [0.15, 0.2) is 0 Å². The fourth-order valence-corrected chi connectivity index (χ4v) is 2.17. The van der Waals surface area contributed by atoms with Crippen molar-refractivity contribution in [3.8, 4) is 0 Å². The van der Waals surface area contributed by atoms with Crippen molar-refractivity contribution >= 4 is 16.9 Å². The average molecular weight is 332 g/mol. The Morgan fingerprint density at radius 3 is 2.16 bits per heavy atom. The van der Waals surface area contributed by atoms with Crippen LogP contribution >= 0.6 is 0 Å². The Labute approximate surface area is 153 Å². The van der Waals surface area contributed by atoms with Crippen molar-refractivity contribution in [1.82, 2.24) is 0 Å². The first kappa shape index (κ1) is 20.4. The van der Waals surface area contributed by atoms with Crippen LogP contribution in [0.25, 0.3) is 11.1 Å². The molecule has 0 amide bonds. The maximum absolute atomic E-state index is 7.95. The Hall–Kier alpha value is -2.67. The molecule has 0 aliphatic heterocycles. The van der Waals surface area contributed by atoms with E-state index in [0.717, 1.165) is 35.1 Å². The van der Waals surface area contributed by atoms with Gasteiger partial charge >= 0.3 is 0 Å². The Kier molecular flexibility index (Phi) is 8.95. The molecule has 0 saturated carbocycles. The molecule has 0 saturated heterocycles. The molecule has 0 aliphatic carbocycles. The largest absolute Gasteiger partial charge is 0.301 e. The molecule has 0 aliphatic rings. The molecule has 130 valence electrons. The molecule has 1 heteroatoms. The van der Waals surface area contributed by atoms with Gasteiger partial charge in [0, 0.05) is 0 Å². The zero-order valence-electron chi connectivity index (χ0n) is 15.7. The summed E-state index contributed by atoms with van der Waals surface area (Å²) in [6, 6.07) is 8.38. The van der Waals surface area contributed by atoms with E-state index in [1.54, 1.807) is 6.08 Å². The van der Waals surface area contributed by atoms with Gasteiger partial charge in [0.25, 0.3) is 0 Å². The molecule has 0 unspecified atom stereocenters. The Morgan fingerprint density at radius 1 is 1.00 bits per heavy atom. The van der Waals surface area contributed by atoms with Crippen LogP contribution < -0.4 is 0 Å². The molecule has 0 aromatic heterocycles. The van der Waals surface area contributed by atoms with E-state index in [-0.39, 0.29) is 0 Å². The van der Waals surface area contributed by atoms with Crippen molar-refractivity contribution in [1.29, 1.82) is 5.41 Å². The van der Waals surface area contributed by atoms with Crippen LogP contribution in [0.2, 0.25) is 0 Å². The van der Waals surface area contributed by atoms with E-state index in [1.807, 2.05) is 50.3 Å². The van der Waals surface area contributed by atoms with Gasteiger partial charge < -0.3 is 5.41 Å². The third kappa shape index (κ3) is 7.63. The summed E-state index contributed by atoms with van der Waals surface area (Å²) in [5.74, 6) is 0. The molecule has 0 fully saturated rings. The van der Waals surface area contributed by atoms with Gasteiger partial charge in [-0.3, -0.25) is 0 Å². The van der Waals surface area contributed by atoms with Gasteiger partial charge in [-0.2, -0.15) is 0 Å². The first-order valence-electron chi connectivity index (χ1n) is 8.67. The van der Waals surface area contributed by atoms with Gasteiger partial charge in [0.05, 0.1) is 5.71 Å². The average Bonchev–Trinajstić information content (AvgIpc) is 2.64. The molecular formula is C24H29N. The first-order chi connectivity index (χ1) is 12.0. The van der Waals surface area contributed by atoms with Gasteiger partial charge in [-0.05, 0) is 61.1 Å². The van der Waals surface area contributed by atoms with Crippen LogP contribution in [0, 0.1) is 5.41 Å². The molecule has 0 heterocycles. The van der Waals surface area contributed by atoms with Gasteiger partial charge in [0.2, 0.25) is 0 Å². The Bertz CT molecular complexity index is 722. The van der Waals surface area contributed by atoms with Crippen molar-refractivity contribution in [3.63, 3.8) is 0 Å². The van der Waals surface area contributed by atoms with E-state index >= 15 is 0 Å². The summed E-state index contributed by atoms with van der Waals surface area (Å²) in [6.07, 6.45) is 15.2. The molecular weight excluding hydrogens is 302 g/mol. The van der Waals surface area contributed by atoms with Crippen LogP contribution in [-0.4, -0.2) is 5.71 Å². The second-order valence-electron chi connectivity index (χ2n) is 5.97. The summed E-state index contributed by atoms with van der Waals surface area (Å²) in [7, 11) is 0. The lowest BCUT2D eigenvalue weighted by Gasteiger charge is -2.06. The van der Waals surface area contributed by atoms with Gasteiger partial charge in [0.1, 0.15) is 0 Å². The number of nitrogens with one attached hydrogen (secondary N) is 1. The highest BCUT2D eigenvalue weighted by Gasteiger charge is 2.00. The summed E-state index contributed by atoms with van der Waals surface area (Å²) in [4.78, 5) is 0. The lowest BCUT2D eigenvalue weighted by atomic mass is 9.99. The van der Waals surface area contributed by atoms with Crippen molar-refractivity contribution in [2.24, 2.45) is 0 Å². The van der Waals surface area contributed by atoms with E-state index in [1.165, 1.54) is 5.56 Å². The molecule has 1 N–H and O–H groups in total. The van der Waals surface area contributed by atoms with Gasteiger partial charge in [-0.1, -0.05) is 80.3 Å². The number of hydrogen-bond donors (Lipinski definition) is 1. The number of benzene rings is 1. The minimum Gasteiger partial charge on any atom is -0.301 e. The lowest BCUT2D eigenvalue weighted by Crippen LogP contribution is -1.87. The fourth-order valence-electron chi connectivity index (χ4n) is 2.17. The maximum Gasteiger partial charge on any atom is 0.0536 e. The standard InChI is InChI=1S/C24H29N/c1-6-8-10-19(3)13-18-24(25)12-9-11-21(5)23-16-14-22(15-17-23)20(4)7-2/h6,8-10,12-18,25H,4-5,7,11H2,1-3H3/b8-6-,12-9-,18-13+,19-10+,25-24?. The van der Waals surface area contributed by atoms with Crippen LogP contribution in [0.15, 0.2) is 85.5 Å². The first-order valence-corrected chi connectivity index (χ1v) is 8.67.